The fraction of sp³-hybridized carbons (Fsp3) is 0.250. The van der Waals surface area contributed by atoms with E-state index in [1.54, 1.807) is 6.26 Å². The summed E-state index contributed by atoms with van der Waals surface area (Å²) in [5, 5.41) is 2.30. The molecule has 1 aromatic heterocycles. The lowest BCUT2D eigenvalue weighted by Gasteiger charge is -2.14. The molecule has 0 bridgehead atoms. The predicted molar refractivity (Wildman–Crippen MR) is 73.1 cm³/mol. The molecule has 0 radical (unpaired) electrons. The van der Waals surface area contributed by atoms with Crippen LogP contribution in [-0.2, 0) is 6.54 Å². The van der Waals surface area contributed by atoms with Gasteiger partial charge >= 0.3 is 0 Å². The van der Waals surface area contributed by atoms with Crippen LogP contribution in [0.25, 0.3) is 0 Å². The zero-order chi connectivity index (χ0) is 12.8. The van der Waals surface area contributed by atoms with Crippen molar-refractivity contribution in [2.75, 3.05) is 0 Å². The number of furan rings is 1. The molecule has 0 unspecified atom stereocenters. The third kappa shape index (κ3) is 3.34. The smallest absolute Gasteiger partial charge is 0.157 e. The third-order valence-corrected chi connectivity index (χ3v) is 3.11. The first kappa shape index (κ1) is 12.7. The van der Waals surface area contributed by atoms with E-state index in [0.717, 1.165) is 18.7 Å². The number of hydrogen-bond acceptors (Lipinski definition) is 1. The van der Waals surface area contributed by atoms with Crippen molar-refractivity contribution in [3.05, 3.63) is 72.2 Å². The van der Waals surface area contributed by atoms with Crippen LogP contribution in [0.1, 0.15) is 29.3 Å². The highest BCUT2D eigenvalue weighted by atomic mass is 16.3. The molecule has 0 aliphatic heterocycles. The van der Waals surface area contributed by atoms with E-state index >= 15 is 0 Å². The van der Waals surface area contributed by atoms with Gasteiger partial charge in [0.2, 0.25) is 0 Å². The summed E-state index contributed by atoms with van der Waals surface area (Å²) in [6, 6.07) is 13.1. The quantitative estimate of drug-likeness (QED) is 0.775. The van der Waals surface area contributed by atoms with Crippen LogP contribution in [0.2, 0.25) is 0 Å². The van der Waals surface area contributed by atoms with Crippen molar-refractivity contribution in [1.82, 2.24) is 0 Å². The van der Waals surface area contributed by atoms with Crippen molar-refractivity contribution in [3.8, 4) is 0 Å². The first-order valence-electron chi connectivity index (χ1n) is 6.33. The lowest BCUT2D eigenvalue weighted by Crippen LogP contribution is -2.83. The highest BCUT2D eigenvalue weighted by Gasteiger charge is 2.13. The Labute approximate surface area is 108 Å². The van der Waals surface area contributed by atoms with Crippen LogP contribution < -0.4 is 5.32 Å². The van der Waals surface area contributed by atoms with Gasteiger partial charge in [0.15, 0.2) is 5.76 Å². The Hall–Kier alpha value is -1.80. The van der Waals surface area contributed by atoms with Crippen molar-refractivity contribution in [2.24, 2.45) is 0 Å². The van der Waals surface area contributed by atoms with Crippen LogP contribution >= 0.6 is 0 Å². The molecule has 94 valence electrons. The van der Waals surface area contributed by atoms with Gasteiger partial charge in [0.25, 0.3) is 0 Å². The Balaban J connectivity index is 2.03. The predicted octanol–water partition coefficient (Wildman–Crippen LogP) is 2.97. The molecule has 2 aromatic rings. The van der Waals surface area contributed by atoms with Crippen molar-refractivity contribution in [3.63, 3.8) is 0 Å². The summed E-state index contributed by atoms with van der Waals surface area (Å²) in [7, 11) is 0. The van der Waals surface area contributed by atoms with E-state index in [0.29, 0.717) is 6.04 Å². The van der Waals surface area contributed by atoms with E-state index < -0.39 is 0 Å². The zero-order valence-corrected chi connectivity index (χ0v) is 10.8. The number of hydrogen-bond donors (Lipinski definition) is 1. The average molecular weight is 242 g/mol. The lowest BCUT2D eigenvalue weighted by molar-refractivity contribution is -0.712. The highest BCUT2D eigenvalue weighted by Crippen LogP contribution is 2.14. The molecule has 18 heavy (non-hydrogen) atoms. The Morgan fingerprint density at radius 3 is 2.67 bits per heavy atom. The van der Waals surface area contributed by atoms with Crippen molar-refractivity contribution in [1.29, 1.82) is 0 Å². The highest BCUT2D eigenvalue weighted by molar-refractivity contribution is 5.23. The van der Waals surface area contributed by atoms with E-state index in [1.165, 1.54) is 11.1 Å². The Bertz CT molecular complexity index is 470. The summed E-state index contributed by atoms with van der Waals surface area (Å²) in [5.41, 5.74) is 2.63. The molecule has 0 spiro atoms. The van der Waals surface area contributed by atoms with Gasteiger partial charge < -0.3 is 9.73 Å². The Kier molecular flexibility index (Phi) is 4.37. The maximum atomic E-state index is 5.36. The second-order valence-electron chi connectivity index (χ2n) is 4.56. The average Bonchev–Trinajstić information content (AvgIpc) is 2.89. The monoisotopic (exact) mass is 242 g/mol. The molecular weight excluding hydrogens is 222 g/mol. The van der Waals surface area contributed by atoms with E-state index in [9.17, 15) is 0 Å². The van der Waals surface area contributed by atoms with Crippen LogP contribution in [0, 0.1) is 6.92 Å². The number of aryl methyl sites for hydroxylation is 1. The van der Waals surface area contributed by atoms with Crippen LogP contribution in [0.3, 0.4) is 0 Å². The molecule has 0 aliphatic rings. The molecule has 0 saturated carbocycles. The number of quaternary nitrogens is 1. The number of benzene rings is 1. The van der Waals surface area contributed by atoms with Crippen molar-refractivity contribution in [2.45, 2.75) is 25.9 Å². The largest absolute Gasteiger partial charge is 0.463 e. The molecule has 0 saturated heterocycles. The van der Waals surface area contributed by atoms with Gasteiger partial charge in [-0.2, -0.15) is 0 Å². The molecular formula is C16H20NO+. The minimum atomic E-state index is 0.410. The summed E-state index contributed by atoms with van der Waals surface area (Å²) < 4.78 is 5.36. The summed E-state index contributed by atoms with van der Waals surface area (Å²) in [6.45, 7) is 6.82. The standard InChI is InChI=1S/C16H19NO/c1-3-5-16(14-9-7-13(2)8-10-14)17-12-15-6-4-11-18-15/h3-4,6-11,16-17H,1,5,12H2,2H3/p+1/t16-/m1/s1. The van der Waals surface area contributed by atoms with E-state index in [2.05, 4.69) is 43.1 Å². The summed E-state index contributed by atoms with van der Waals surface area (Å²) in [6.07, 6.45) is 4.66. The zero-order valence-electron chi connectivity index (χ0n) is 10.8. The maximum absolute atomic E-state index is 5.36. The maximum Gasteiger partial charge on any atom is 0.157 e. The molecule has 2 nitrogen and oxygen atoms in total. The topological polar surface area (TPSA) is 29.8 Å². The normalized spacial score (nSPS) is 12.3. The van der Waals surface area contributed by atoms with Crippen LogP contribution in [0.15, 0.2) is 59.7 Å². The van der Waals surface area contributed by atoms with Crippen LogP contribution in [-0.4, -0.2) is 0 Å². The van der Waals surface area contributed by atoms with Crippen molar-refractivity contribution < 1.29 is 9.73 Å². The fourth-order valence-corrected chi connectivity index (χ4v) is 2.05. The van der Waals surface area contributed by atoms with Gasteiger partial charge in [-0.1, -0.05) is 35.9 Å². The summed E-state index contributed by atoms with van der Waals surface area (Å²) in [4.78, 5) is 0. The van der Waals surface area contributed by atoms with Gasteiger partial charge in [-0.3, -0.25) is 0 Å². The summed E-state index contributed by atoms with van der Waals surface area (Å²) in [5.74, 6) is 1.01. The van der Waals surface area contributed by atoms with Gasteiger partial charge in [0.05, 0.1) is 6.26 Å². The van der Waals surface area contributed by atoms with E-state index in [1.807, 2.05) is 18.2 Å². The first-order valence-corrected chi connectivity index (χ1v) is 6.33. The molecule has 2 rings (SSSR count). The minimum absolute atomic E-state index is 0.410. The molecule has 2 N–H and O–H groups in total. The molecule has 2 heteroatoms. The number of rotatable bonds is 6. The second-order valence-corrected chi connectivity index (χ2v) is 4.56. The van der Waals surface area contributed by atoms with Crippen molar-refractivity contribution >= 4 is 0 Å². The Morgan fingerprint density at radius 2 is 2.06 bits per heavy atom. The first-order chi connectivity index (χ1) is 8.79. The molecule has 1 heterocycles. The summed E-state index contributed by atoms with van der Waals surface area (Å²) >= 11 is 0. The molecule has 0 fully saturated rings. The number of nitrogens with two attached hydrogens (primary N) is 1. The van der Waals surface area contributed by atoms with Crippen LogP contribution in [0.5, 0.6) is 0 Å². The lowest BCUT2D eigenvalue weighted by atomic mass is 10.0. The Morgan fingerprint density at radius 1 is 1.28 bits per heavy atom. The molecule has 0 aliphatic carbocycles. The van der Waals surface area contributed by atoms with Gasteiger partial charge in [-0.25, -0.2) is 0 Å². The third-order valence-electron chi connectivity index (χ3n) is 3.11. The van der Waals surface area contributed by atoms with Gasteiger partial charge in [0, 0.05) is 12.0 Å². The van der Waals surface area contributed by atoms with Gasteiger partial charge in [-0.15, -0.1) is 6.58 Å². The van der Waals surface area contributed by atoms with E-state index in [-0.39, 0.29) is 0 Å². The second kappa shape index (κ2) is 6.22. The SMILES string of the molecule is C=CC[C@@H]([NH2+]Cc1ccco1)c1ccc(C)cc1. The fourth-order valence-electron chi connectivity index (χ4n) is 2.05. The molecule has 1 aromatic carbocycles. The van der Waals surface area contributed by atoms with Gasteiger partial charge in [0.1, 0.15) is 12.6 Å². The van der Waals surface area contributed by atoms with Crippen LogP contribution in [0.4, 0.5) is 0 Å². The van der Waals surface area contributed by atoms with E-state index in [4.69, 9.17) is 4.42 Å². The van der Waals surface area contributed by atoms with Gasteiger partial charge in [-0.05, 0) is 19.1 Å². The minimum Gasteiger partial charge on any atom is -0.463 e. The molecule has 0 amide bonds. The molecule has 1 atom stereocenters.